The lowest BCUT2D eigenvalue weighted by molar-refractivity contribution is -0.0512. The molecule has 1 N–H and O–H groups in total. The minimum atomic E-state index is -2.85. The van der Waals surface area contributed by atoms with E-state index in [4.69, 9.17) is 4.74 Å². The van der Waals surface area contributed by atoms with Crippen molar-refractivity contribution in [2.24, 2.45) is 11.3 Å². The van der Waals surface area contributed by atoms with Gasteiger partial charge in [0.15, 0.2) is 11.5 Å². The van der Waals surface area contributed by atoms with Crippen molar-refractivity contribution in [3.05, 3.63) is 23.8 Å². The first-order valence-electron chi connectivity index (χ1n) is 7.29. The normalized spacial score (nSPS) is 16.3. The first-order valence-corrected chi connectivity index (χ1v) is 7.29. The Morgan fingerprint density at radius 2 is 1.95 bits per heavy atom. The average Bonchev–Trinajstić information content (AvgIpc) is 3.19. The van der Waals surface area contributed by atoms with Gasteiger partial charge in [0.2, 0.25) is 0 Å². The molecule has 21 heavy (non-hydrogen) atoms. The molecule has 1 aromatic rings. The number of nitrogens with one attached hydrogen (secondary N) is 1. The van der Waals surface area contributed by atoms with Crippen molar-refractivity contribution in [2.45, 2.75) is 39.8 Å². The van der Waals surface area contributed by atoms with Crippen LogP contribution in [0, 0.1) is 11.3 Å². The van der Waals surface area contributed by atoms with Crippen LogP contribution >= 0.6 is 0 Å². The highest BCUT2D eigenvalue weighted by Crippen LogP contribution is 2.51. The summed E-state index contributed by atoms with van der Waals surface area (Å²) in [4.78, 5) is 0. The topological polar surface area (TPSA) is 30.5 Å². The molecular weight excluding hydrogens is 276 g/mol. The van der Waals surface area contributed by atoms with Crippen LogP contribution in [0.15, 0.2) is 18.2 Å². The van der Waals surface area contributed by atoms with Gasteiger partial charge in [0, 0.05) is 13.1 Å². The summed E-state index contributed by atoms with van der Waals surface area (Å²) >= 11 is 0. The van der Waals surface area contributed by atoms with Gasteiger partial charge in [-0.25, -0.2) is 0 Å². The second kappa shape index (κ2) is 6.60. The van der Waals surface area contributed by atoms with E-state index in [1.54, 1.807) is 12.1 Å². The van der Waals surface area contributed by atoms with E-state index in [-0.39, 0.29) is 5.75 Å². The van der Waals surface area contributed by atoms with E-state index < -0.39 is 6.61 Å². The number of benzene rings is 1. The fourth-order valence-corrected chi connectivity index (χ4v) is 2.59. The zero-order valence-corrected chi connectivity index (χ0v) is 12.8. The first-order chi connectivity index (χ1) is 9.97. The van der Waals surface area contributed by atoms with Crippen LogP contribution in [0.4, 0.5) is 8.78 Å². The Labute approximate surface area is 124 Å². The van der Waals surface area contributed by atoms with Gasteiger partial charge in [-0.15, -0.1) is 0 Å². The molecular formula is C16H23F2NO2. The van der Waals surface area contributed by atoms with E-state index in [2.05, 4.69) is 23.9 Å². The van der Waals surface area contributed by atoms with Crippen molar-refractivity contribution in [1.29, 1.82) is 0 Å². The van der Waals surface area contributed by atoms with E-state index in [1.165, 1.54) is 20.0 Å². The van der Waals surface area contributed by atoms with Gasteiger partial charge >= 0.3 is 6.61 Å². The molecule has 0 radical (unpaired) electrons. The number of methoxy groups -OCH3 is 1. The van der Waals surface area contributed by atoms with E-state index in [0.29, 0.717) is 23.6 Å². The SMILES string of the molecule is COc1ccc(CNCC2(C(C)C)CC2)cc1OC(F)F. The lowest BCUT2D eigenvalue weighted by atomic mass is 9.92. The van der Waals surface area contributed by atoms with Gasteiger partial charge < -0.3 is 14.8 Å². The predicted octanol–water partition coefficient (Wildman–Crippen LogP) is 3.82. The lowest BCUT2D eigenvalue weighted by Gasteiger charge is -2.20. The summed E-state index contributed by atoms with van der Waals surface area (Å²) in [6.07, 6.45) is 2.53. The van der Waals surface area contributed by atoms with Crippen LogP contribution in [0.1, 0.15) is 32.3 Å². The fraction of sp³-hybridized carbons (Fsp3) is 0.625. The van der Waals surface area contributed by atoms with Crippen LogP contribution in [0.5, 0.6) is 11.5 Å². The molecule has 0 bridgehead atoms. The summed E-state index contributed by atoms with van der Waals surface area (Å²) in [5.41, 5.74) is 1.33. The molecule has 3 nitrogen and oxygen atoms in total. The Kier molecular flexibility index (Phi) is 5.04. The molecule has 1 aromatic carbocycles. The van der Waals surface area contributed by atoms with Gasteiger partial charge in [0.1, 0.15) is 0 Å². The lowest BCUT2D eigenvalue weighted by Crippen LogP contribution is -2.27. The minimum Gasteiger partial charge on any atom is -0.493 e. The molecule has 5 heteroatoms. The summed E-state index contributed by atoms with van der Waals surface area (Å²) in [6, 6.07) is 5.12. The van der Waals surface area contributed by atoms with E-state index >= 15 is 0 Å². The number of rotatable bonds is 8. The maximum atomic E-state index is 12.4. The molecule has 1 fully saturated rings. The molecule has 1 aliphatic rings. The summed E-state index contributed by atoms with van der Waals surface area (Å²) < 4.78 is 34.3. The van der Waals surface area contributed by atoms with Gasteiger partial charge in [0.05, 0.1) is 7.11 Å². The zero-order chi connectivity index (χ0) is 15.5. The number of halogens is 2. The van der Waals surface area contributed by atoms with Crippen molar-refractivity contribution in [1.82, 2.24) is 5.32 Å². The van der Waals surface area contributed by atoms with Crippen LogP contribution in [0.25, 0.3) is 0 Å². The number of hydrogen-bond donors (Lipinski definition) is 1. The van der Waals surface area contributed by atoms with Crippen molar-refractivity contribution in [2.75, 3.05) is 13.7 Å². The van der Waals surface area contributed by atoms with Crippen LogP contribution in [0.3, 0.4) is 0 Å². The number of ether oxygens (including phenoxy) is 2. The van der Waals surface area contributed by atoms with Crippen LogP contribution < -0.4 is 14.8 Å². The second-order valence-corrected chi connectivity index (χ2v) is 5.98. The zero-order valence-electron chi connectivity index (χ0n) is 12.8. The molecule has 0 unspecified atom stereocenters. The summed E-state index contributed by atoms with van der Waals surface area (Å²) in [6.45, 7) is 3.24. The van der Waals surface area contributed by atoms with Gasteiger partial charge in [0.25, 0.3) is 0 Å². The monoisotopic (exact) mass is 299 g/mol. The fourth-order valence-electron chi connectivity index (χ4n) is 2.59. The molecule has 1 aliphatic carbocycles. The van der Waals surface area contributed by atoms with Gasteiger partial charge in [-0.2, -0.15) is 8.78 Å². The highest BCUT2D eigenvalue weighted by Gasteiger charge is 2.44. The van der Waals surface area contributed by atoms with Crippen molar-refractivity contribution in [3.63, 3.8) is 0 Å². The first kappa shape index (κ1) is 16.0. The largest absolute Gasteiger partial charge is 0.493 e. The number of hydrogen-bond acceptors (Lipinski definition) is 3. The smallest absolute Gasteiger partial charge is 0.387 e. The van der Waals surface area contributed by atoms with Crippen molar-refractivity contribution in [3.8, 4) is 11.5 Å². The quantitative estimate of drug-likeness (QED) is 0.791. The van der Waals surface area contributed by atoms with Crippen molar-refractivity contribution >= 4 is 0 Å². The molecule has 0 aliphatic heterocycles. The predicted molar refractivity (Wildman–Crippen MR) is 77.8 cm³/mol. The molecule has 0 spiro atoms. The molecule has 0 atom stereocenters. The third-order valence-electron chi connectivity index (χ3n) is 4.37. The van der Waals surface area contributed by atoms with E-state index in [9.17, 15) is 8.78 Å². The molecule has 0 amide bonds. The third kappa shape index (κ3) is 4.06. The summed E-state index contributed by atoms with van der Waals surface area (Å²) in [7, 11) is 1.44. The maximum Gasteiger partial charge on any atom is 0.387 e. The third-order valence-corrected chi connectivity index (χ3v) is 4.37. The Morgan fingerprint density at radius 1 is 1.24 bits per heavy atom. The second-order valence-electron chi connectivity index (χ2n) is 5.98. The molecule has 0 aromatic heterocycles. The molecule has 0 saturated heterocycles. The van der Waals surface area contributed by atoms with Gasteiger partial charge in [-0.1, -0.05) is 19.9 Å². The highest BCUT2D eigenvalue weighted by atomic mass is 19.3. The van der Waals surface area contributed by atoms with E-state index in [1.807, 2.05) is 6.07 Å². The standard InChI is InChI=1S/C16H23F2NO2/c1-11(2)16(6-7-16)10-19-9-12-4-5-13(20-3)14(8-12)21-15(17)18/h4-5,8,11,15,19H,6-7,9-10H2,1-3H3. The van der Waals surface area contributed by atoms with Crippen LogP contribution in [-0.4, -0.2) is 20.3 Å². The van der Waals surface area contributed by atoms with Crippen LogP contribution in [-0.2, 0) is 6.54 Å². The number of alkyl halides is 2. The molecule has 1 saturated carbocycles. The Morgan fingerprint density at radius 3 is 2.48 bits per heavy atom. The minimum absolute atomic E-state index is 0.0804. The highest BCUT2D eigenvalue weighted by molar-refractivity contribution is 5.43. The van der Waals surface area contributed by atoms with Gasteiger partial charge in [-0.05, 0) is 41.9 Å². The average molecular weight is 299 g/mol. The van der Waals surface area contributed by atoms with Gasteiger partial charge in [-0.3, -0.25) is 0 Å². The summed E-state index contributed by atoms with van der Waals surface area (Å²) in [5.74, 6) is 1.07. The Balaban J connectivity index is 1.94. The van der Waals surface area contributed by atoms with E-state index in [0.717, 1.165) is 12.1 Å². The van der Waals surface area contributed by atoms with Crippen molar-refractivity contribution < 1.29 is 18.3 Å². The Hall–Kier alpha value is -1.36. The molecule has 0 heterocycles. The van der Waals surface area contributed by atoms with Crippen LogP contribution in [0.2, 0.25) is 0 Å². The molecule has 118 valence electrons. The summed E-state index contributed by atoms with van der Waals surface area (Å²) in [5, 5.41) is 3.42. The maximum absolute atomic E-state index is 12.4. The molecule has 2 rings (SSSR count). The Bertz CT molecular complexity index is 473.